The van der Waals surface area contributed by atoms with Gasteiger partial charge in [0.25, 0.3) is 0 Å². The monoisotopic (exact) mass is 447 g/mol. The van der Waals surface area contributed by atoms with Crippen molar-refractivity contribution in [2.75, 3.05) is 50.0 Å². The van der Waals surface area contributed by atoms with Gasteiger partial charge >= 0.3 is 6.03 Å². The number of benzene rings is 1. The van der Waals surface area contributed by atoms with E-state index in [4.69, 9.17) is 4.74 Å². The molecule has 4 rings (SSSR count). The standard InChI is InChI=1S/C24H29N7O2/c1-18-5-6-20(28-24(32)27-9-3-11-31-12-14-33-15-13-31)16-22(18)30-23-26-10-7-21(29-23)19-4-2-8-25-17-19/h2,4-8,10,16-17H,3,9,11-15H2,1H3,(H,26,29,30)(H2,27,28,32). The van der Waals surface area contributed by atoms with Gasteiger partial charge in [-0.2, -0.15) is 0 Å². The van der Waals surface area contributed by atoms with Crippen LogP contribution in [0.3, 0.4) is 0 Å². The van der Waals surface area contributed by atoms with E-state index < -0.39 is 0 Å². The smallest absolute Gasteiger partial charge is 0.319 e. The Hall–Kier alpha value is -3.56. The highest BCUT2D eigenvalue weighted by atomic mass is 16.5. The Balaban J connectivity index is 1.31. The summed E-state index contributed by atoms with van der Waals surface area (Å²) in [6.07, 6.45) is 6.10. The molecular formula is C24H29N7O2. The van der Waals surface area contributed by atoms with Gasteiger partial charge < -0.3 is 20.7 Å². The molecule has 1 saturated heterocycles. The van der Waals surface area contributed by atoms with E-state index in [9.17, 15) is 4.79 Å². The van der Waals surface area contributed by atoms with E-state index in [1.54, 1.807) is 18.6 Å². The fourth-order valence-electron chi connectivity index (χ4n) is 3.55. The van der Waals surface area contributed by atoms with Crippen LogP contribution in [0, 0.1) is 6.92 Å². The van der Waals surface area contributed by atoms with Gasteiger partial charge in [-0.15, -0.1) is 0 Å². The third kappa shape index (κ3) is 6.71. The topological polar surface area (TPSA) is 104 Å². The van der Waals surface area contributed by atoms with Crippen molar-refractivity contribution >= 4 is 23.4 Å². The lowest BCUT2D eigenvalue weighted by Crippen LogP contribution is -2.38. The van der Waals surface area contributed by atoms with Gasteiger partial charge in [-0.1, -0.05) is 6.07 Å². The summed E-state index contributed by atoms with van der Waals surface area (Å²) in [5.41, 5.74) is 4.23. The van der Waals surface area contributed by atoms with Crippen LogP contribution in [0.2, 0.25) is 0 Å². The number of aryl methyl sites for hydroxylation is 1. The molecular weight excluding hydrogens is 418 g/mol. The van der Waals surface area contributed by atoms with Crippen molar-refractivity contribution in [1.29, 1.82) is 0 Å². The maximum Gasteiger partial charge on any atom is 0.319 e. The fourth-order valence-corrected chi connectivity index (χ4v) is 3.55. The van der Waals surface area contributed by atoms with E-state index in [1.807, 2.05) is 43.3 Å². The molecule has 1 fully saturated rings. The summed E-state index contributed by atoms with van der Waals surface area (Å²) in [6, 6.07) is 11.1. The van der Waals surface area contributed by atoms with E-state index in [1.165, 1.54) is 0 Å². The van der Waals surface area contributed by atoms with Gasteiger partial charge in [-0.3, -0.25) is 9.88 Å². The van der Waals surface area contributed by atoms with Gasteiger partial charge in [0.2, 0.25) is 5.95 Å². The van der Waals surface area contributed by atoms with Crippen molar-refractivity contribution in [1.82, 2.24) is 25.2 Å². The number of hydrogen-bond donors (Lipinski definition) is 3. The molecule has 0 atom stereocenters. The number of carbonyl (C=O) groups excluding carboxylic acids is 1. The zero-order valence-electron chi connectivity index (χ0n) is 18.8. The second-order valence-electron chi connectivity index (χ2n) is 7.85. The normalized spacial score (nSPS) is 14.0. The first-order chi connectivity index (χ1) is 16.2. The van der Waals surface area contributed by atoms with Crippen molar-refractivity contribution in [3.8, 4) is 11.3 Å². The predicted molar refractivity (Wildman–Crippen MR) is 129 cm³/mol. The number of aromatic nitrogens is 3. The molecule has 3 aromatic rings. The van der Waals surface area contributed by atoms with Gasteiger partial charge in [0, 0.05) is 55.2 Å². The van der Waals surface area contributed by atoms with E-state index in [2.05, 4.69) is 35.8 Å². The number of nitrogens with one attached hydrogen (secondary N) is 3. The first-order valence-electron chi connectivity index (χ1n) is 11.1. The number of amides is 2. The maximum atomic E-state index is 12.3. The number of morpholine rings is 1. The summed E-state index contributed by atoms with van der Waals surface area (Å²) in [4.78, 5) is 27.7. The van der Waals surface area contributed by atoms with Crippen LogP contribution in [0.4, 0.5) is 22.1 Å². The molecule has 2 aromatic heterocycles. The predicted octanol–water partition coefficient (Wildman–Crippen LogP) is 3.43. The minimum atomic E-state index is -0.221. The highest BCUT2D eigenvalue weighted by Gasteiger charge is 2.10. The molecule has 9 nitrogen and oxygen atoms in total. The largest absolute Gasteiger partial charge is 0.379 e. The number of pyridine rings is 1. The zero-order valence-corrected chi connectivity index (χ0v) is 18.8. The maximum absolute atomic E-state index is 12.3. The Bertz CT molecular complexity index is 1060. The molecule has 1 aliphatic heterocycles. The number of carbonyl (C=O) groups is 1. The van der Waals surface area contributed by atoms with E-state index >= 15 is 0 Å². The average Bonchev–Trinajstić information content (AvgIpc) is 2.85. The summed E-state index contributed by atoms with van der Waals surface area (Å²) in [5, 5.41) is 9.07. The van der Waals surface area contributed by atoms with Crippen molar-refractivity contribution in [2.45, 2.75) is 13.3 Å². The minimum Gasteiger partial charge on any atom is -0.379 e. The number of hydrogen-bond acceptors (Lipinski definition) is 7. The van der Waals surface area contributed by atoms with Crippen LogP contribution in [0.5, 0.6) is 0 Å². The van der Waals surface area contributed by atoms with E-state index in [-0.39, 0.29) is 6.03 Å². The molecule has 1 aliphatic rings. The molecule has 33 heavy (non-hydrogen) atoms. The molecule has 0 radical (unpaired) electrons. The zero-order chi connectivity index (χ0) is 22.9. The minimum absolute atomic E-state index is 0.221. The van der Waals surface area contributed by atoms with Crippen LogP contribution in [0.15, 0.2) is 55.0 Å². The van der Waals surface area contributed by atoms with Crippen molar-refractivity contribution in [2.24, 2.45) is 0 Å². The lowest BCUT2D eigenvalue weighted by atomic mass is 10.2. The number of rotatable bonds is 8. The number of ether oxygens (including phenoxy) is 1. The highest BCUT2D eigenvalue weighted by molar-refractivity contribution is 5.90. The van der Waals surface area contributed by atoms with Crippen molar-refractivity contribution in [3.05, 3.63) is 60.6 Å². The summed E-state index contributed by atoms with van der Waals surface area (Å²) in [5.74, 6) is 0.476. The quantitative estimate of drug-likeness (QED) is 0.455. The third-order valence-electron chi connectivity index (χ3n) is 5.40. The molecule has 0 spiro atoms. The van der Waals surface area contributed by atoms with Crippen LogP contribution < -0.4 is 16.0 Å². The van der Waals surface area contributed by atoms with E-state index in [0.717, 1.165) is 61.8 Å². The molecule has 0 saturated carbocycles. The SMILES string of the molecule is Cc1ccc(NC(=O)NCCCN2CCOCC2)cc1Nc1nccc(-c2cccnc2)n1. The average molecular weight is 448 g/mol. The summed E-state index contributed by atoms with van der Waals surface area (Å²) >= 11 is 0. The number of nitrogens with zero attached hydrogens (tertiary/aromatic N) is 4. The van der Waals surface area contributed by atoms with Crippen molar-refractivity contribution < 1.29 is 9.53 Å². The van der Waals surface area contributed by atoms with Crippen LogP contribution in [0.1, 0.15) is 12.0 Å². The first kappa shape index (κ1) is 22.6. The molecule has 172 valence electrons. The molecule has 0 bridgehead atoms. The molecule has 0 aliphatic carbocycles. The number of urea groups is 1. The molecule has 9 heteroatoms. The van der Waals surface area contributed by atoms with Gasteiger partial charge in [0.15, 0.2) is 0 Å². The first-order valence-corrected chi connectivity index (χ1v) is 11.1. The van der Waals surface area contributed by atoms with Gasteiger partial charge in [0.05, 0.1) is 18.9 Å². The van der Waals surface area contributed by atoms with Crippen LogP contribution in [-0.2, 0) is 4.74 Å². The van der Waals surface area contributed by atoms with Gasteiger partial charge in [0.1, 0.15) is 0 Å². The van der Waals surface area contributed by atoms with Crippen molar-refractivity contribution in [3.63, 3.8) is 0 Å². The molecule has 0 unspecified atom stereocenters. The third-order valence-corrected chi connectivity index (χ3v) is 5.40. The van der Waals surface area contributed by atoms with Crippen LogP contribution in [-0.4, -0.2) is 65.3 Å². The Morgan fingerprint density at radius 3 is 2.85 bits per heavy atom. The Kier molecular flexibility index (Phi) is 7.78. The highest BCUT2D eigenvalue weighted by Crippen LogP contribution is 2.24. The molecule has 3 N–H and O–H groups in total. The molecule has 1 aromatic carbocycles. The summed E-state index contributed by atoms with van der Waals surface area (Å²) in [6.45, 7) is 7.06. The second kappa shape index (κ2) is 11.3. The Labute approximate surface area is 193 Å². The summed E-state index contributed by atoms with van der Waals surface area (Å²) in [7, 11) is 0. The summed E-state index contributed by atoms with van der Waals surface area (Å²) < 4.78 is 5.36. The molecule has 2 amide bonds. The molecule has 3 heterocycles. The fraction of sp³-hybridized carbons (Fsp3) is 0.333. The van der Waals surface area contributed by atoms with E-state index in [0.29, 0.717) is 18.2 Å². The van der Waals surface area contributed by atoms with Crippen LogP contribution in [0.25, 0.3) is 11.3 Å². The van der Waals surface area contributed by atoms with Gasteiger partial charge in [-0.25, -0.2) is 14.8 Å². The number of anilines is 3. The lowest BCUT2D eigenvalue weighted by molar-refractivity contribution is 0.0375. The van der Waals surface area contributed by atoms with Crippen LogP contribution >= 0.6 is 0 Å². The second-order valence-corrected chi connectivity index (χ2v) is 7.85. The Morgan fingerprint density at radius 1 is 1.15 bits per heavy atom. The lowest BCUT2D eigenvalue weighted by Gasteiger charge is -2.26. The van der Waals surface area contributed by atoms with Gasteiger partial charge in [-0.05, 0) is 55.8 Å². The Morgan fingerprint density at radius 2 is 2.03 bits per heavy atom.